The fourth-order valence-electron chi connectivity index (χ4n) is 4.13. The standard InChI is InChI=1S/C26H22ClN7O2/c27-18-5-7-19(8-6-18)36-16-23(35)33-11-13-34(14-12-33)25-24-22(31-26(29)32-25)10-9-21(30-24)20-4-2-1-3-17(20)15-28/h1-10H,11-14,16H2,(H2,29,31,32). The van der Waals surface area contributed by atoms with Crippen molar-refractivity contribution in [2.24, 2.45) is 0 Å². The molecule has 0 saturated carbocycles. The summed E-state index contributed by atoms with van der Waals surface area (Å²) in [5.41, 5.74) is 9.14. The van der Waals surface area contributed by atoms with Crippen LogP contribution in [0.4, 0.5) is 11.8 Å². The number of carbonyl (C=O) groups is 1. The molecule has 9 nitrogen and oxygen atoms in total. The summed E-state index contributed by atoms with van der Waals surface area (Å²) in [6.45, 7) is 2.07. The van der Waals surface area contributed by atoms with E-state index in [9.17, 15) is 10.1 Å². The van der Waals surface area contributed by atoms with Crippen LogP contribution >= 0.6 is 11.6 Å². The molecule has 1 aliphatic rings. The van der Waals surface area contributed by atoms with Gasteiger partial charge in [0.1, 0.15) is 11.3 Å². The van der Waals surface area contributed by atoms with Crippen LogP contribution in [0, 0.1) is 11.3 Å². The van der Waals surface area contributed by atoms with Gasteiger partial charge >= 0.3 is 0 Å². The number of benzene rings is 2. The van der Waals surface area contributed by atoms with Gasteiger partial charge in [-0.3, -0.25) is 4.79 Å². The van der Waals surface area contributed by atoms with Gasteiger partial charge in [0.15, 0.2) is 12.4 Å². The number of pyridine rings is 1. The molecule has 0 radical (unpaired) electrons. The predicted octanol–water partition coefficient (Wildman–Crippen LogP) is 3.53. The van der Waals surface area contributed by atoms with Crippen molar-refractivity contribution in [3.8, 4) is 23.1 Å². The lowest BCUT2D eigenvalue weighted by Crippen LogP contribution is -2.50. The number of nitrogens with zero attached hydrogens (tertiary/aromatic N) is 6. The number of nitriles is 1. The first kappa shape index (κ1) is 23.3. The topological polar surface area (TPSA) is 121 Å². The number of amides is 1. The molecular weight excluding hydrogens is 478 g/mol. The average molecular weight is 500 g/mol. The van der Waals surface area contributed by atoms with E-state index in [0.717, 1.165) is 5.56 Å². The number of fused-ring (bicyclic) bond motifs is 1. The third kappa shape index (κ3) is 4.85. The lowest BCUT2D eigenvalue weighted by Gasteiger charge is -2.35. The molecule has 1 saturated heterocycles. The normalized spacial score (nSPS) is 13.4. The molecule has 1 aliphatic heterocycles. The van der Waals surface area contributed by atoms with Crippen molar-refractivity contribution in [1.82, 2.24) is 19.9 Å². The number of anilines is 2. The summed E-state index contributed by atoms with van der Waals surface area (Å²) in [7, 11) is 0. The quantitative estimate of drug-likeness (QED) is 0.442. The highest BCUT2D eigenvalue weighted by Crippen LogP contribution is 2.29. The Balaban J connectivity index is 1.33. The Morgan fingerprint density at radius 2 is 1.75 bits per heavy atom. The van der Waals surface area contributed by atoms with Crippen LogP contribution < -0.4 is 15.4 Å². The fourth-order valence-corrected chi connectivity index (χ4v) is 4.25. The third-order valence-corrected chi connectivity index (χ3v) is 6.22. The SMILES string of the molecule is N#Cc1ccccc1-c1ccc2nc(N)nc(N3CCN(C(=O)COc4ccc(Cl)cc4)CC3)c2n1. The first-order valence-electron chi connectivity index (χ1n) is 11.4. The summed E-state index contributed by atoms with van der Waals surface area (Å²) in [5.74, 6) is 1.26. The molecule has 10 heteroatoms. The molecule has 0 spiro atoms. The van der Waals surface area contributed by atoms with Crippen molar-refractivity contribution in [2.75, 3.05) is 43.4 Å². The Bertz CT molecular complexity index is 1460. The van der Waals surface area contributed by atoms with Crippen molar-refractivity contribution in [3.05, 3.63) is 71.2 Å². The van der Waals surface area contributed by atoms with E-state index in [0.29, 0.717) is 65.1 Å². The van der Waals surface area contributed by atoms with Crippen molar-refractivity contribution >= 4 is 40.3 Å². The summed E-state index contributed by atoms with van der Waals surface area (Å²) >= 11 is 5.89. The lowest BCUT2D eigenvalue weighted by atomic mass is 10.0. The highest BCUT2D eigenvalue weighted by molar-refractivity contribution is 6.30. The maximum absolute atomic E-state index is 12.7. The second-order valence-electron chi connectivity index (χ2n) is 8.24. The van der Waals surface area contributed by atoms with E-state index >= 15 is 0 Å². The number of piperazine rings is 1. The minimum Gasteiger partial charge on any atom is -0.484 e. The number of aromatic nitrogens is 3. The van der Waals surface area contributed by atoms with Crippen LogP contribution in [0.25, 0.3) is 22.3 Å². The Hall–Kier alpha value is -4.42. The van der Waals surface area contributed by atoms with Crippen molar-refractivity contribution in [2.45, 2.75) is 0 Å². The molecule has 180 valence electrons. The van der Waals surface area contributed by atoms with Gasteiger partial charge in [0, 0.05) is 36.8 Å². The fraction of sp³-hybridized carbons (Fsp3) is 0.192. The van der Waals surface area contributed by atoms with Gasteiger partial charge in [-0.05, 0) is 42.5 Å². The van der Waals surface area contributed by atoms with E-state index in [2.05, 4.69) is 20.9 Å². The molecule has 2 aromatic carbocycles. The van der Waals surface area contributed by atoms with Crippen LogP contribution in [0.15, 0.2) is 60.7 Å². The number of nitrogen functional groups attached to an aromatic ring is 1. The summed E-state index contributed by atoms with van der Waals surface area (Å²) in [4.78, 5) is 30.1. The molecule has 4 aromatic rings. The summed E-state index contributed by atoms with van der Waals surface area (Å²) in [6, 6.07) is 20.1. The monoisotopic (exact) mass is 499 g/mol. The second-order valence-corrected chi connectivity index (χ2v) is 8.67. The van der Waals surface area contributed by atoms with Crippen LogP contribution in [-0.4, -0.2) is 58.5 Å². The molecule has 0 unspecified atom stereocenters. The number of rotatable bonds is 5. The maximum atomic E-state index is 12.7. The van der Waals surface area contributed by atoms with Crippen LogP contribution in [0.2, 0.25) is 5.02 Å². The zero-order valence-electron chi connectivity index (χ0n) is 19.3. The maximum Gasteiger partial charge on any atom is 0.260 e. The summed E-state index contributed by atoms with van der Waals surface area (Å²) in [5, 5.41) is 10.1. The number of halogens is 1. The van der Waals surface area contributed by atoms with Crippen LogP contribution in [-0.2, 0) is 4.79 Å². The lowest BCUT2D eigenvalue weighted by molar-refractivity contribution is -0.133. The number of nitrogens with two attached hydrogens (primary N) is 1. The van der Waals surface area contributed by atoms with E-state index in [1.807, 2.05) is 30.3 Å². The predicted molar refractivity (Wildman–Crippen MR) is 138 cm³/mol. The van der Waals surface area contributed by atoms with Crippen molar-refractivity contribution in [3.63, 3.8) is 0 Å². The Labute approximate surface area is 212 Å². The zero-order chi connectivity index (χ0) is 25.1. The Kier molecular flexibility index (Phi) is 6.52. The number of hydrogen-bond donors (Lipinski definition) is 1. The molecule has 36 heavy (non-hydrogen) atoms. The van der Waals surface area contributed by atoms with E-state index in [1.54, 1.807) is 35.2 Å². The van der Waals surface area contributed by atoms with Crippen LogP contribution in [0.1, 0.15) is 5.56 Å². The molecular formula is C26H22ClN7O2. The Morgan fingerprint density at radius 3 is 2.50 bits per heavy atom. The molecule has 0 bridgehead atoms. The van der Waals surface area contributed by atoms with Crippen LogP contribution in [0.3, 0.4) is 0 Å². The van der Waals surface area contributed by atoms with E-state index in [4.69, 9.17) is 27.1 Å². The van der Waals surface area contributed by atoms with Crippen molar-refractivity contribution in [1.29, 1.82) is 5.26 Å². The van der Waals surface area contributed by atoms with Gasteiger partial charge in [0.05, 0.1) is 22.8 Å². The molecule has 1 fully saturated rings. The van der Waals surface area contributed by atoms with Gasteiger partial charge in [-0.25, -0.2) is 9.97 Å². The van der Waals surface area contributed by atoms with Crippen LogP contribution in [0.5, 0.6) is 5.75 Å². The minimum absolute atomic E-state index is 0.0474. The summed E-state index contributed by atoms with van der Waals surface area (Å²) < 4.78 is 5.60. The highest BCUT2D eigenvalue weighted by Gasteiger charge is 2.25. The number of ether oxygens (including phenoxy) is 1. The second kappa shape index (κ2) is 10.1. The molecule has 0 aliphatic carbocycles. The average Bonchev–Trinajstić information content (AvgIpc) is 2.92. The largest absolute Gasteiger partial charge is 0.484 e. The summed E-state index contributed by atoms with van der Waals surface area (Å²) in [6.07, 6.45) is 0. The molecule has 1 amide bonds. The van der Waals surface area contributed by atoms with E-state index in [-0.39, 0.29) is 18.5 Å². The van der Waals surface area contributed by atoms with E-state index < -0.39 is 0 Å². The van der Waals surface area contributed by atoms with Gasteiger partial charge < -0.3 is 20.3 Å². The molecule has 5 rings (SSSR count). The minimum atomic E-state index is -0.0924. The molecule has 2 aromatic heterocycles. The Morgan fingerprint density at radius 1 is 1.00 bits per heavy atom. The van der Waals surface area contributed by atoms with Gasteiger partial charge in [-0.1, -0.05) is 29.8 Å². The first-order chi connectivity index (χ1) is 17.5. The van der Waals surface area contributed by atoms with Gasteiger partial charge in [-0.2, -0.15) is 10.2 Å². The first-order valence-corrected chi connectivity index (χ1v) is 11.7. The molecule has 0 atom stereocenters. The van der Waals surface area contributed by atoms with Gasteiger partial charge in [0.2, 0.25) is 5.95 Å². The highest BCUT2D eigenvalue weighted by atomic mass is 35.5. The molecule has 3 heterocycles. The van der Waals surface area contributed by atoms with Gasteiger partial charge in [-0.15, -0.1) is 0 Å². The van der Waals surface area contributed by atoms with Crippen molar-refractivity contribution < 1.29 is 9.53 Å². The smallest absolute Gasteiger partial charge is 0.260 e. The number of hydrogen-bond acceptors (Lipinski definition) is 8. The van der Waals surface area contributed by atoms with Gasteiger partial charge in [0.25, 0.3) is 5.91 Å². The molecule has 2 N–H and O–H groups in total. The third-order valence-electron chi connectivity index (χ3n) is 5.97. The zero-order valence-corrected chi connectivity index (χ0v) is 20.0. The number of carbonyl (C=O) groups excluding carboxylic acids is 1. The van der Waals surface area contributed by atoms with E-state index in [1.165, 1.54) is 0 Å².